The Morgan fingerprint density at radius 3 is 2.47 bits per heavy atom. The third kappa shape index (κ3) is 5.49. The van der Waals surface area contributed by atoms with E-state index in [1.54, 1.807) is 0 Å². The molecule has 4 heteroatoms. The zero-order valence-corrected chi connectivity index (χ0v) is 11.9. The van der Waals surface area contributed by atoms with Gasteiger partial charge < -0.3 is 20.3 Å². The summed E-state index contributed by atoms with van der Waals surface area (Å²) in [4.78, 5) is 0. The average Bonchev–Trinajstić information content (AvgIpc) is 2.44. The first-order chi connectivity index (χ1) is 9.13. The summed E-state index contributed by atoms with van der Waals surface area (Å²) in [5.74, 6) is 1.62. The zero-order chi connectivity index (χ0) is 14.1. The van der Waals surface area contributed by atoms with Gasteiger partial charge in [-0.2, -0.15) is 0 Å². The van der Waals surface area contributed by atoms with Gasteiger partial charge in [0.2, 0.25) is 0 Å². The van der Waals surface area contributed by atoms with Crippen molar-refractivity contribution in [3.8, 4) is 11.5 Å². The average molecular weight is 267 g/mol. The molecular formula is C15H25NO3. The van der Waals surface area contributed by atoms with Crippen molar-refractivity contribution in [2.24, 2.45) is 5.73 Å². The lowest BCUT2D eigenvalue weighted by Crippen LogP contribution is -2.43. The third-order valence-corrected chi connectivity index (χ3v) is 3.22. The molecule has 1 unspecified atom stereocenters. The fourth-order valence-electron chi connectivity index (χ4n) is 1.80. The summed E-state index contributed by atoms with van der Waals surface area (Å²) in [7, 11) is 0. The topological polar surface area (TPSA) is 64.7 Å². The molecule has 0 amide bonds. The maximum atomic E-state index is 9.21. The van der Waals surface area contributed by atoms with Gasteiger partial charge in [-0.25, -0.2) is 0 Å². The molecule has 1 aromatic carbocycles. The van der Waals surface area contributed by atoms with Crippen LogP contribution in [0.3, 0.4) is 0 Å². The van der Waals surface area contributed by atoms with E-state index in [4.69, 9.17) is 15.2 Å². The summed E-state index contributed by atoms with van der Waals surface area (Å²) in [6.07, 6.45) is 2.35. The molecule has 19 heavy (non-hydrogen) atoms. The summed E-state index contributed by atoms with van der Waals surface area (Å²) in [6, 6.07) is 7.60. The number of aliphatic hydroxyl groups is 1. The summed E-state index contributed by atoms with van der Waals surface area (Å²) >= 11 is 0. The normalized spacial score (nSPS) is 13.9. The molecule has 0 aliphatic carbocycles. The van der Waals surface area contributed by atoms with Gasteiger partial charge in [0.05, 0.1) is 19.8 Å². The first kappa shape index (κ1) is 15.8. The van der Waals surface area contributed by atoms with E-state index in [1.807, 2.05) is 38.1 Å². The van der Waals surface area contributed by atoms with Crippen LogP contribution in [-0.2, 0) is 0 Å². The summed E-state index contributed by atoms with van der Waals surface area (Å²) < 4.78 is 11.1. The summed E-state index contributed by atoms with van der Waals surface area (Å²) in [6.45, 7) is 5.20. The summed E-state index contributed by atoms with van der Waals surface area (Å²) in [5.41, 5.74) is 5.54. The van der Waals surface area contributed by atoms with E-state index in [0.717, 1.165) is 30.8 Å². The Bertz CT molecular complexity index is 364. The second kappa shape index (κ2) is 8.02. The van der Waals surface area contributed by atoms with Gasteiger partial charge in [0.1, 0.15) is 11.5 Å². The highest BCUT2D eigenvalue weighted by atomic mass is 16.5. The number of hydrogen-bond acceptors (Lipinski definition) is 4. The monoisotopic (exact) mass is 267 g/mol. The molecule has 108 valence electrons. The van der Waals surface area contributed by atoms with Crippen LogP contribution in [0, 0.1) is 0 Å². The van der Waals surface area contributed by atoms with Gasteiger partial charge in [0.15, 0.2) is 0 Å². The Kier molecular flexibility index (Phi) is 6.67. The van der Waals surface area contributed by atoms with E-state index >= 15 is 0 Å². The van der Waals surface area contributed by atoms with Crippen molar-refractivity contribution in [2.45, 2.75) is 38.6 Å². The highest BCUT2D eigenvalue weighted by Gasteiger charge is 2.20. The summed E-state index contributed by atoms with van der Waals surface area (Å²) in [5, 5.41) is 9.21. The predicted molar refractivity (Wildman–Crippen MR) is 76.6 cm³/mol. The predicted octanol–water partition coefficient (Wildman–Crippen LogP) is 2.34. The van der Waals surface area contributed by atoms with Crippen molar-refractivity contribution in [1.82, 2.24) is 0 Å². The lowest BCUT2D eigenvalue weighted by Gasteiger charge is -2.25. The van der Waals surface area contributed by atoms with Crippen LogP contribution < -0.4 is 15.2 Å². The number of ether oxygens (including phenoxy) is 2. The smallest absolute Gasteiger partial charge is 0.122 e. The van der Waals surface area contributed by atoms with Crippen molar-refractivity contribution in [3.05, 3.63) is 24.3 Å². The molecule has 0 heterocycles. The van der Waals surface area contributed by atoms with E-state index in [9.17, 15) is 5.11 Å². The molecule has 0 aromatic heterocycles. The van der Waals surface area contributed by atoms with Crippen LogP contribution >= 0.6 is 0 Å². The molecule has 0 bridgehead atoms. The van der Waals surface area contributed by atoms with Crippen molar-refractivity contribution in [1.29, 1.82) is 0 Å². The van der Waals surface area contributed by atoms with Crippen LogP contribution in [0.1, 0.15) is 33.1 Å². The highest BCUT2D eigenvalue weighted by Crippen LogP contribution is 2.20. The number of hydrogen-bond donors (Lipinski definition) is 2. The van der Waals surface area contributed by atoms with E-state index < -0.39 is 5.54 Å². The van der Waals surface area contributed by atoms with E-state index in [-0.39, 0.29) is 6.61 Å². The quantitative estimate of drug-likeness (QED) is 0.674. The highest BCUT2D eigenvalue weighted by molar-refractivity contribution is 5.32. The van der Waals surface area contributed by atoms with Crippen molar-refractivity contribution in [2.75, 3.05) is 19.8 Å². The van der Waals surface area contributed by atoms with Gasteiger partial charge in [0.25, 0.3) is 0 Å². The fraction of sp³-hybridized carbons (Fsp3) is 0.600. The number of benzene rings is 1. The molecule has 1 rings (SSSR count). The standard InChI is InChI=1S/C15H25NO3/c1-3-15(16,12-17)9-6-10-19-14-8-5-7-13(11-14)18-4-2/h5,7-8,11,17H,3-4,6,9-10,12,16H2,1-2H3. The molecular weight excluding hydrogens is 242 g/mol. The van der Waals surface area contributed by atoms with E-state index in [2.05, 4.69) is 0 Å². The van der Waals surface area contributed by atoms with Crippen molar-refractivity contribution < 1.29 is 14.6 Å². The fourth-order valence-corrected chi connectivity index (χ4v) is 1.80. The van der Waals surface area contributed by atoms with E-state index in [1.165, 1.54) is 0 Å². The molecule has 0 fully saturated rings. The lowest BCUT2D eigenvalue weighted by molar-refractivity contribution is 0.171. The largest absolute Gasteiger partial charge is 0.494 e. The van der Waals surface area contributed by atoms with Gasteiger partial charge in [-0.05, 0) is 38.3 Å². The van der Waals surface area contributed by atoms with Crippen molar-refractivity contribution in [3.63, 3.8) is 0 Å². The van der Waals surface area contributed by atoms with Gasteiger partial charge in [-0.3, -0.25) is 0 Å². The molecule has 3 N–H and O–H groups in total. The van der Waals surface area contributed by atoms with E-state index in [0.29, 0.717) is 13.2 Å². The third-order valence-electron chi connectivity index (χ3n) is 3.22. The second-order valence-electron chi connectivity index (χ2n) is 4.73. The lowest BCUT2D eigenvalue weighted by atomic mass is 9.93. The zero-order valence-electron chi connectivity index (χ0n) is 11.9. The maximum absolute atomic E-state index is 9.21. The molecule has 0 aliphatic heterocycles. The number of nitrogens with two attached hydrogens (primary N) is 1. The van der Waals surface area contributed by atoms with Gasteiger partial charge in [0, 0.05) is 11.6 Å². The number of rotatable bonds is 9. The van der Waals surface area contributed by atoms with Crippen LogP contribution in [-0.4, -0.2) is 30.5 Å². The minimum absolute atomic E-state index is 0.0172. The maximum Gasteiger partial charge on any atom is 0.122 e. The molecule has 1 atom stereocenters. The SMILES string of the molecule is CCOc1cccc(OCCCC(N)(CC)CO)c1. The number of aliphatic hydroxyl groups excluding tert-OH is 1. The van der Waals surface area contributed by atoms with Crippen LogP contribution in [0.25, 0.3) is 0 Å². The Labute approximate surface area is 115 Å². The Balaban J connectivity index is 2.35. The Morgan fingerprint density at radius 1 is 1.21 bits per heavy atom. The van der Waals surface area contributed by atoms with Gasteiger partial charge in [-0.1, -0.05) is 13.0 Å². The molecule has 0 radical (unpaired) electrons. The molecule has 0 aliphatic rings. The minimum atomic E-state index is -0.476. The van der Waals surface area contributed by atoms with Gasteiger partial charge >= 0.3 is 0 Å². The van der Waals surface area contributed by atoms with Crippen LogP contribution in [0.5, 0.6) is 11.5 Å². The molecule has 0 saturated heterocycles. The van der Waals surface area contributed by atoms with Gasteiger partial charge in [-0.15, -0.1) is 0 Å². The van der Waals surface area contributed by atoms with Crippen LogP contribution in [0.2, 0.25) is 0 Å². The van der Waals surface area contributed by atoms with Crippen LogP contribution in [0.4, 0.5) is 0 Å². The molecule has 4 nitrogen and oxygen atoms in total. The molecule has 0 spiro atoms. The molecule has 0 saturated carbocycles. The Morgan fingerprint density at radius 2 is 1.89 bits per heavy atom. The minimum Gasteiger partial charge on any atom is -0.494 e. The van der Waals surface area contributed by atoms with Crippen molar-refractivity contribution >= 4 is 0 Å². The Hall–Kier alpha value is -1.26. The first-order valence-corrected chi connectivity index (χ1v) is 6.89. The molecule has 1 aromatic rings. The van der Waals surface area contributed by atoms with Crippen LogP contribution in [0.15, 0.2) is 24.3 Å². The first-order valence-electron chi connectivity index (χ1n) is 6.89. The second-order valence-corrected chi connectivity index (χ2v) is 4.73.